The lowest BCUT2D eigenvalue weighted by molar-refractivity contribution is 0.503. The Morgan fingerprint density at radius 1 is 1.35 bits per heavy atom. The van der Waals surface area contributed by atoms with E-state index in [2.05, 4.69) is 55.2 Å². The van der Waals surface area contributed by atoms with Gasteiger partial charge in [-0.3, -0.25) is 0 Å². The normalized spacial score (nSPS) is 21.6. The summed E-state index contributed by atoms with van der Waals surface area (Å²) >= 11 is 2.14. The maximum atomic E-state index is 3.73. The summed E-state index contributed by atoms with van der Waals surface area (Å²) in [7, 11) is 0. The zero-order valence-corrected chi connectivity index (χ0v) is 11.7. The molecule has 1 fully saturated rings. The lowest BCUT2D eigenvalue weighted by atomic mass is 9.99. The monoisotopic (exact) mass is 249 g/mol. The first-order valence-corrected chi connectivity index (χ1v) is 7.77. The van der Waals surface area contributed by atoms with Crippen molar-refractivity contribution in [3.63, 3.8) is 0 Å². The first-order chi connectivity index (χ1) is 8.31. The number of hydrogen-bond donors (Lipinski definition) is 1. The number of benzene rings is 1. The highest BCUT2D eigenvalue weighted by atomic mass is 32.2. The number of aryl methyl sites for hydroxylation is 1. The van der Waals surface area contributed by atoms with E-state index in [9.17, 15) is 0 Å². The van der Waals surface area contributed by atoms with Gasteiger partial charge in [0, 0.05) is 11.3 Å². The fourth-order valence-electron chi connectivity index (χ4n) is 2.40. The Kier molecular flexibility index (Phi) is 4.93. The van der Waals surface area contributed by atoms with E-state index in [1.54, 1.807) is 0 Å². The first-order valence-electron chi connectivity index (χ1n) is 6.73. The van der Waals surface area contributed by atoms with Crippen LogP contribution in [0.5, 0.6) is 0 Å². The van der Waals surface area contributed by atoms with E-state index in [-0.39, 0.29) is 0 Å². The Balaban J connectivity index is 2.10. The number of thioether (sulfide) groups is 1. The molecule has 1 aliphatic heterocycles. The van der Waals surface area contributed by atoms with E-state index in [4.69, 9.17) is 0 Å². The molecular formula is C15H23NS. The minimum atomic E-state index is 0.544. The fourth-order valence-corrected chi connectivity index (χ4v) is 3.82. The van der Waals surface area contributed by atoms with E-state index < -0.39 is 0 Å². The molecule has 2 rings (SSSR count). The van der Waals surface area contributed by atoms with Crippen LogP contribution in [0.4, 0.5) is 0 Å². The van der Waals surface area contributed by atoms with Crippen molar-refractivity contribution >= 4 is 11.8 Å². The van der Waals surface area contributed by atoms with Crippen molar-refractivity contribution in [2.24, 2.45) is 0 Å². The lowest BCUT2D eigenvalue weighted by Crippen LogP contribution is -2.29. The molecule has 0 bridgehead atoms. The molecule has 0 radical (unpaired) electrons. The van der Waals surface area contributed by atoms with Crippen molar-refractivity contribution in [3.8, 4) is 0 Å². The quantitative estimate of drug-likeness (QED) is 0.848. The molecule has 0 spiro atoms. The predicted molar refractivity (Wildman–Crippen MR) is 77.7 cm³/mol. The summed E-state index contributed by atoms with van der Waals surface area (Å²) in [6.07, 6.45) is 3.95. The molecule has 0 saturated carbocycles. The van der Waals surface area contributed by atoms with E-state index >= 15 is 0 Å². The maximum absolute atomic E-state index is 3.73. The van der Waals surface area contributed by atoms with Crippen LogP contribution in [0, 0.1) is 6.92 Å². The zero-order valence-electron chi connectivity index (χ0n) is 10.9. The Hall–Kier alpha value is -0.470. The Bertz CT molecular complexity index is 327. The van der Waals surface area contributed by atoms with Gasteiger partial charge in [-0.25, -0.2) is 0 Å². The molecule has 1 aliphatic rings. The zero-order chi connectivity index (χ0) is 12.1. The maximum Gasteiger partial charge on any atom is 0.0440 e. The van der Waals surface area contributed by atoms with Gasteiger partial charge in [0.1, 0.15) is 0 Å². The fraction of sp³-hybridized carbons (Fsp3) is 0.600. The van der Waals surface area contributed by atoms with E-state index in [0.29, 0.717) is 6.04 Å². The molecule has 1 heterocycles. The van der Waals surface area contributed by atoms with Crippen LogP contribution in [0.15, 0.2) is 24.3 Å². The first kappa shape index (κ1) is 13.0. The highest BCUT2D eigenvalue weighted by Crippen LogP contribution is 2.36. The molecule has 1 aromatic carbocycles. The van der Waals surface area contributed by atoms with E-state index in [0.717, 1.165) is 11.8 Å². The largest absolute Gasteiger partial charge is 0.309 e. The summed E-state index contributed by atoms with van der Waals surface area (Å²) in [6, 6.07) is 9.59. The highest BCUT2D eigenvalue weighted by molar-refractivity contribution is 8.00. The van der Waals surface area contributed by atoms with Crippen molar-refractivity contribution in [2.45, 2.75) is 44.4 Å². The Morgan fingerprint density at radius 2 is 2.12 bits per heavy atom. The number of hydrogen-bond acceptors (Lipinski definition) is 2. The third kappa shape index (κ3) is 3.49. The number of nitrogens with one attached hydrogen (secondary N) is 1. The third-order valence-corrected chi connectivity index (χ3v) is 4.85. The van der Waals surface area contributed by atoms with Crippen LogP contribution in [-0.2, 0) is 0 Å². The number of rotatable bonds is 5. The second-order valence-electron chi connectivity index (χ2n) is 4.89. The average Bonchev–Trinajstić information content (AvgIpc) is 2.85. The van der Waals surface area contributed by atoms with Gasteiger partial charge in [-0.1, -0.05) is 36.8 Å². The summed E-state index contributed by atoms with van der Waals surface area (Å²) in [4.78, 5) is 0. The summed E-state index contributed by atoms with van der Waals surface area (Å²) in [5.41, 5.74) is 2.81. The van der Waals surface area contributed by atoms with Crippen molar-refractivity contribution in [1.29, 1.82) is 0 Å². The molecule has 1 N–H and O–H groups in total. The molecule has 1 nitrogen and oxygen atoms in total. The summed E-state index contributed by atoms with van der Waals surface area (Å²) in [6.45, 7) is 5.51. The summed E-state index contributed by atoms with van der Waals surface area (Å²) in [5, 5.41) is 4.49. The molecule has 2 atom stereocenters. The van der Waals surface area contributed by atoms with Gasteiger partial charge in [0.25, 0.3) is 0 Å². The molecule has 2 heteroatoms. The van der Waals surface area contributed by atoms with Gasteiger partial charge in [0.2, 0.25) is 0 Å². The van der Waals surface area contributed by atoms with E-state index in [1.165, 1.54) is 36.1 Å². The smallest absolute Gasteiger partial charge is 0.0440 e. The van der Waals surface area contributed by atoms with Crippen LogP contribution < -0.4 is 5.32 Å². The van der Waals surface area contributed by atoms with Gasteiger partial charge in [-0.05, 0) is 44.0 Å². The molecule has 0 aliphatic carbocycles. The van der Waals surface area contributed by atoms with Gasteiger partial charge in [0.05, 0.1) is 0 Å². The molecule has 1 aromatic rings. The van der Waals surface area contributed by atoms with Crippen LogP contribution in [0.25, 0.3) is 0 Å². The second-order valence-corrected chi connectivity index (χ2v) is 6.24. The Morgan fingerprint density at radius 3 is 2.71 bits per heavy atom. The van der Waals surface area contributed by atoms with Crippen LogP contribution in [0.2, 0.25) is 0 Å². The highest BCUT2D eigenvalue weighted by Gasteiger charge is 2.26. The molecular weight excluding hydrogens is 226 g/mol. The SMILES string of the molecule is CCCNC(c1ccc(C)cc1)C1CCCS1. The predicted octanol–water partition coefficient (Wildman–Crippen LogP) is 3.93. The van der Waals surface area contributed by atoms with Crippen molar-refractivity contribution in [3.05, 3.63) is 35.4 Å². The minimum absolute atomic E-state index is 0.544. The van der Waals surface area contributed by atoms with Crippen LogP contribution in [-0.4, -0.2) is 17.5 Å². The molecule has 0 amide bonds. The summed E-state index contributed by atoms with van der Waals surface area (Å²) in [5.74, 6) is 1.33. The topological polar surface area (TPSA) is 12.0 Å². The van der Waals surface area contributed by atoms with Crippen molar-refractivity contribution in [1.82, 2.24) is 5.32 Å². The van der Waals surface area contributed by atoms with Gasteiger partial charge >= 0.3 is 0 Å². The third-order valence-electron chi connectivity index (χ3n) is 3.39. The Labute approximate surface area is 109 Å². The van der Waals surface area contributed by atoms with Gasteiger partial charge in [-0.15, -0.1) is 0 Å². The van der Waals surface area contributed by atoms with Crippen LogP contribution in [0.3, 0.4) is 0 Å². The average molecular weight is 249 g/mol. The van der Waals surface area contributed by atoms with Crippen LogP contribution in [0.1, 0.15) is 43.4 Å². The molecule has 2 unspecified atom stereocenters. The van der Waals surface area contributed by atoms with Gasteiger partial charge < -0.3 is 5.32 Å². The lowest BCUT2D eigenvalue weighted by Gasteiger charge is -2.24. The van der Waals surface area contributed by atoms with Crippen molar-refractivity contribution in [2.75, 3.05) is 12.3 Å². The van der Waals surface area contributed by atoms with E-state index in [1.807, 2.05) is 0 Å². The van der Waals surface area contributed by atoms with Crippen LogP contribution >= 0.6 is 11.8 Å². The van der Waals surface area contributed by atoms with Gasteiger partial charge in [0.15, 0.2) is 0 Å². The standard InChI is InChI=1S/C15H23NS/c1-3-10-16-15(14-5-4-11-17-14)13-8-6-12(2)7-9-13/h6-9,14-16H,3-5,10-11H2,1-2H3. The summed E-state index contributed by atoms with van der Waals surface area (Å²) < 4.78 is 0. The minimum Gasteiger partial charge on any atom is -0.309 e. The second kappa shape index (κ2) is 6.46. The molecule has 1 saturated heterocycles. The molecule has 0 aromatic heterocycles. The molecule has 94 valence electrons. The van der Waals surface area contributed by atoms with Crippen molar-refractivity contribution < 1.29 is 0 Å². The van der Waals surface area contributed by atoms with Gasteiger partial charge in [-0.2, -0.15) is 11.8 Å². The molecule has 17 heavy (non-hydrogen) atoms.